The van der Waals surface area contributed by atoms with Crippen molar-refractivity contribution >= 4 is 32.8 Å². The molecule has 3 atom stereocenters. The van der Waals surface area contributed by atoms with E-state index < -0.39 is 0 Å². The highest BCUT2D eigenvalue weighted by Crippen LogP contribution is 2.38. The third-order valence-electron chi connectivity index (χ3n) is 3.85. The van der Waals surface area contributed by atoms with Gasteiger partial charge in [0.1, 0.15) is 24.0 Å². The number of aromatic nitrogens is 3. The molecule has 0 spiro atoms. The van der Waals surface area contributed by atoms with Crippen LogP contribution in [0, 0.1) is 5.92 Å². The van der Waals surface area contributed by atoms with E-state index in [1.54, 1.807) is 0 Å². The number of hydrogen-bond donors (Lipinski definition) is 1. The van der Waals surface area contributed by atoms with E-state index >= 15 is 0 Å². The van der Waals surface area contributed by atoms with Crippen LogP contribution in [-0.4, -0.2) is 20.6 Å². The Morgan fingerprint density at radius 1 is 1.53 bits per heavy atom. The van der Waals surface area contributed by atoms with Gasteiger partial charge in [-0.15, -0.1) is 0 Å². The van der Waals surface area contributed by atoms with Crippen LogP contribution in [0.2, 0.25) is 0 Å². The summed E-state index contributed by atoms with van der Waals surface area (Å²) < 4.78 is 9.08. The molecule has 6 heteroatoms. The van der Waals surface area contributed by atoms with Gasteiger partial charge in [-0.1, -0.05) is 13.8 Å². The van der Waals surface area contributed by atoms with Gasteiger partial charge in [-0.3, -0.25) is 0 Å². The highest BCUT2D eigenvalue weighted by Gasteiger charge is 2.33. The molecule has 102 valence electrons. The van der Waals surface area contributed by atoms with Crippen molar-refractivity contribution in [1.82, 2.24) is 14.5 Å². The smallest absolute Gasteiger partial charge is 0.148 e. The largest absolute Gasteiger partial charge is 0.383 e. The van der Waals surface area contributed by atoms with Crippen LogP contribution in [0.5, 0.6) is 0 Å². The second-order valence-electron chi connectivity index (χ2n) is 5.09. The topological polar surface area (TPSA) is 66.0 Å². The van der Waals surface area contributed by atoms with Crippen molar-refractivity contribution in [2.24, 2.45) is 5.92 Å². The number of fused-ring (bicyclic) bond motifs is 1. The molecule has 2 aromatic heterocycles. The molecule has 3 heterocycles. The molecule has 0 aliphatic carbocycles. The molecule has 1 saturated heterocycles. The van der Waals surface area contributed by atoms with E-state index in [0.29, 0.717) is 17.8 Å². The van der Waals surface area contributed by atoms with Gasteiger partial charge >= 0.3 is 0 Å². The Morgan fingerprint density at radius 2 is 2.32 bits per heavy atom. The molecule has 0 amide bonds. The molecule has 1 aliphatic heterocycles. The lowest BCUT2D eigenvalue weighted by Gasteiger charge is -2.15. The van der Waals surface area contributed by atoms with Gasteiger partial charge in [0.05, 0.1) is 11.5 Å². The summed E-state index contributed by atoms with van der Waals surface area (Å²) in [4.78, 5) is 8.38. The van der Waals surface area contributed by atoms with E-state index in [-0.39, 0.29) is 6.23 Å². The van der Waals surface area contributed by atoms with Crippen molar-refractivity contribution in [1.29, 1.82) is 0 Å². The zero-order valence-corrected chi connectivity index (χ0v) is 12.6. The summed E-state index contributed by atoms with van der Waals surface area (Å²) in [6.07, 6.45) is 5.87. The fourth-order valence-corrected chi connectivity index (χ4v) is 3.42. The number of hydrogen-bond acceptors (Lipinski definition) is 4. The summed E-state index contributed by atoms with van der Waals surface area (Å²) in [7, 11) is 0. The second-order valence-corrected chi connectivity index (χ2v) is 5.95. The van der Waals surface area contributed by atoms with Gasteiger partial charge in [0, 0.05) is 10.7 Å². The number of nitrogens with two attached hydrogens (primary N) is 1. The first-order valence-electron chi connectivity index (χ1n) is 6.53. The second kappa shape index (κ2) is 4.76. The van der Waals surface area contributed by atoms with Crippen LogP contribution < -0.4 is 5.73 Å². The Balaban J connectivity index is 2.05. The summed E-state index contributed by atoms with van der Waals surface area (Å²) >= 11 is 3.53. The maximum Gasteiger partial charge on any atom is 0.148 e. The molecule has 0 radical (unpaired) electrons. The van der Waals surface area contributed by atoms with E-state index in [0.717, 1.165) is 28.3 Å². The van der Waals surface area contributed by atoms with E-state index in [4.69, 9.17) is 10.5 Å². The average Bonchev–Trinajstić information content (AvgIpc) is 2.91. The highest BCUT2D eigenvalue weighted by atomic mass is 79.9. The lowest BCUT2D eigenvalue weighted by molar-refractivity contribution is -0.00280. The van der Waals surface area contributed by atoms with Crippen molar-refractivity contribution in [2.75, 3.05) is 5.73 Å². The fraction of sp³-hybridized carbons (Fsp3) is 0.538. The van der Waals surface area contributed by atoms with Crippen LogP contribution in [0.3, 0.4) is 0 Å². The van der Waals surface area contributed by atoms with Crippen LogP contribution in [-0.2, 0) is 4.74 Å². The van der Waals surface area contributed by atoms with Gasteiger partial charge in [-0.05, 0) is 34.7 Å². The van der Waals surface area contributed by atoms with Crippen molar-refractivity contribution in [3.8, 4) is 0 Å². The van der Waals surface area contributed by atoms with Gasteiger partial charge in [0.2, 0.25) is 0 Å². The van der Waals surface area contributed by atoms with Gasteiger partial charge in [-0.2, -0.15) is 0 Å². The van der Waals surface area contributed by atoms with Crippen LogP contribution >= 0.6 is 15.9 Å². The number of anilines is 1. The first kappa shape index (κ1) is 12.9. The van der Waals surface area contributed by atoms with Gasteiger partial charge in [0.15, 0.2) is 0 Å². The van der Waals surface area contributed by atoms with Crippen molar-refractivity contribution in [3.05, 3.63) is 17.0 Å². The molecule has 2 aromatic rings. The third-order valence-corrected chi connectivity index (χ3v) is 4.45. The Bertz CT molecular complexity index is 612. The molecule has 0 bridgehead atoms. The predicted molar refractivity (Wildman–Crippen MR) is 77.6 cm³/mol. The zero-order chi connectivity index (χ0) is 13.6. The molecule has 0 aromatic carbocycles. The molecule has 2 N–H and O–H groups in total. The van der Waals surface area contributed by atoms with Crippen LogP contribution in [0.25, 0.3) is 11.0 Å². The molecule has 5 nitrogen and oxygen atoms in total. The number of nitrogens with zero attached hydrogens (tertiary/aromatic N) is 3. The van der Waals surface area contributed by atoms with Gasteiger partial charge < -0.3 is 15.0 Å². The molecular formula is C13H17BrN4O. The monoisotopic (exact) mass is 324 g/mol. The normalized spacial score (nSPS) is 27.2. The highest BCUT2D eigenvalue weighted by molar-refractivity contribution is 9.10. The Morgan fingerprint density at radius 3 is 3.00 bits per heavy atom. The van der Waals surface area contributed by atoms with E-state index in [9.17, 15) is 0 Å². The number of ether oxygens (including phenoxy) is 1. The first-order chi connectivity index (χ1) is 9.11. The summed E-state index contributed by atoms with van der Waals surface area (Å²) in [5.41, 5.74) is 6.74. The van der Waals surface area contributed by atoms with Crippen LogP contribution in [0.1, 0.15) is 32.9 Å². The standard InChI is InChI=1S/C13H17BrN4O/c1-3-9-7(2)4-10(19-9)18-5-8(14)11-12(15)16-6-17-13(11)18/h5-7,9-10H,3-4H2,1-2H3,(H2,15,16,17)/t7-,9+,10+/m0/s1. The van der Waals surface area contributed by atoms with Crippen LogP contribution in [0.4, 0.5) is 5.82 Å². The molecule has 19 heavy (non-hydrogen) atoms. The maximum absolute atomic E-state index is 6.11. The molecule has 1 fully saturated rings. The third kappa shape index (κ3) is 2.03. The van der Waals surface area contributed by atoms with Crippen molar-refractivity contribution < 1.29 is 4.74 Å². The Kier molecular flexibility index (Phi) is 3.22. The Labute approximate surface area is 120 Å². The molecule has 0 unspecified atom stereocenters. The van der Waals surface area contributed by atoms with Crippen molar-refractivity contribution in [2.45, 2.75) is 39.0 Å². The van der Waals surface area contributed by atoms with Gasteiger partial charge in [0.25, 0.3) is 0 Å². The minimum atomic E-state index is 0.0306. The predicted octanol–water partition coefficient (Wildman–Crippen LogP) is 3.11. The minimum Gasteiger partial charge on any atom is -0.383 e. The van der Waals surface area contributed by atoms with Crippen molar-refractivity contribution in [3.63, 3.8) is 0 Å². The molecular weight excluding hydrogens is 308 g/mol. The number of halogens is 1. The van der Waals surface area contributed by atoms with Crippen LogP contribution in [0.15, 0.2) is 17.0 Å². The maximum atomic E-state index is 6.11. The van der Waals surface area contributed by atoms with Gasteiger partial charge in [-0.25, -0.2) is 9.97 Å². The molecule has 3 rings (SSSR count). The van der Waals surface area contributed by atoms with E-state index in [1.165, 1.54) is 6.33 Å². The molecule has 0 saturated carbocycles. The minimum absolute atomic E-state index is 0.0306. The SMILES string of the molecule is CC[C@H]1O[C@@H](n2cc(Br)c3c(N)ncnc32)C[C@@H]1C. The zero-order valence-electron chi connectivity index (χ0n) is 11.0. The summed E-state index contributed by atoms with van der Waals surface area (Å²) in [6, 6.07) is 0. The fourth-order valence-electron chi connectivity index (χ4n) is 2.82. The Hall–Kier alpha value is -1.14. The first-order valence-corrected chi connectivity index (χ1v) is 7.33. The summed E-state index contributed by atoms with van der Waals surface area (Å²) in [5, 5.41) is 0.860. The molecule has 1 aliphatic rings. The quantitative estimate of drug-likeness (QED) is 0.921. The summed E-state index contributed by atoms with van der Waals surface area (Å²) in [6.45, 7) is 4.39. The lowest BCUT2D eigenvalue weighted by atomic mass is 10.0. The summed E-state index contributed by atoms with van der Waals surface area (Å²) in [5.74, 6) is 1.05. The average molecular weight is 325 g/mol. The number of rotatable bonds is 2. The van der Waals surface area contributed by atoms with E-state index in [1.807, 2.05) is 6.20 Å². The number of nitrogen functional groups attached to an aromatic ring is 1. The lowest BCUT2D eigenvalue weighted by Crippen LogP contribution is -2.12. The van der Waals surface area contributed by atoms with E-state index in [2.05, 4.69) is 44.3 Å².